The van der Waals surface area contributed by atoms with Gasteiger partial charge in [0.2, 0.25) is 5.91 Å². The minimum absolute atomic E-state index is 0.287. The van der Waals surface area contributed by atoms with Gasteiger partial charge in [0.1, 0.15) is 4.75 Å². The van der Waals surface area contributed by atoms with Crippen LogP contribution in [-0.2, 0) is 15.1 Å². The molecule has 0 aliphatic carbocycles. The number of thioether (sulfide) groups is 1. The fraction of sp³-hybridized carbons (Fsp3) is 0.250. The van der Waals surface area contributed by atoms with Crippen molar-refractivity contribution in [2.45, 2.75) is 16.2 Å². The summed E-state index contributed by atoms with van der Waals surface area (Å²) in [6.45, 7) is 0.442. The van der Waals surface area contributed by atoms with Gasteiger partial charge in [-0.1, -0.05) is 41.9 Å². The number of amides is 3. The zero-order valence-electron chi connectivity index (χ0n) is 14.9. The second-order valence-electron chi connectivity index (χ2n) is 7.27. The molecule has 3 atom stereocenters. The van der Waals surface area contributed by atoms with Crippen LogP contribution in [0.2, 0.25) is 5.02 Å². The molecule has 142 valence electrons. The van der Waals surface area contributed by atoms with Crippen LogP contribution >= 0.6 is 23.4 Å². The molecule has 3 amide bonds. The Morgan fingerprint density at radius 1 is 1.04 bits per heavy atom. The highest BCUT2D eigenvalue weighted by Crippen LogP contribution is 2.64. The number of nitrogens with zero attached hydrogens (tertiary/aromatic N) is 1. The van der Waals surface area contributed by atoms with Crippen LogP contribution in [0, 0.1) is 0 Å². The quantitative estimate of drug-likeness (QED) is 0.751. The third-order valence-corrected chi connectivity index (χ3v) is 7.66. The van der Waals surface area contributed by atoms with Crippen molar-refractivity contribution in [1.29, 1.82) is 0 Å². The number of anilines is 1. The molecule has 0 radical (unpaired) electrons. The number of rotatable bonds is 1. The first-order valence-electron chi connectivity index (χ1n) is 8.83. The van der Waals surface area contributed by atoms with E-state index in [1.807, 2.05) is 48.3 Å². The van der Waals surface area contributed by atoms with E-state index >= 15 is 0 Å². The summed E-state index contributed by atoms with van der Waals surface area (Å²) in [4.78, 5) is 41.0. The highest BCUT2D eigenvalue weighted by atomic mass is 35.5. The molecule has 2 saturated heterocycles. The van der Waals surface area contributed by atoms with Gasteiger partial charge < -0.3 is 5.32 Å². The predicted molar refractivity (Wildman–Crippen MR) is 107 cm³/mol. The fourth-order valence-corrected chi connectivity index (χ4v) is 6.54. The number of nitrogens with one attached hydrogen (secondary N) is 2. The zero-order valence-corrected chi connectivity index (χ0v) is 16.4. The van der Waals surface area contributed by atoms with Gasteiger partial charge in [0.15, 0.2) is 5.54 Å². The maximum atomic E-state index is 13.4. The summed E-state index contributed by atoms with van der Waals surface area (Å²) < 4.78 is -1.32. The molecule has 3 aliphatic rings. The van der Waals surface area contributed by atoms with E-state index in [1.54, 1.807) is 12.1 Å². The summed E-state index contributed by atoms with van der Waals surface area (Å²) in [6, 6.07) is 14.6. The summed E-state index contributed by atoms with van der Waals surface area (Å²) >= 11 is 6.97. The van der Waals surface area contributed by atoms with Crippen LogP contribution in [0.5, 0.6) is 0 Å². The molecule has 6 nitrogen and oxygen atoms in total. The number of carbonyl (C=O) groups is 3. The molecule has 0 saturated carbocycles. The first-order chi connectivity index (χ1) is 13.4. The SMILES string of the molecule is CN1C[C@H](c2ccc(Cl)cc2)[C@]2(SC(=O)NC2=O)[C@]12C(=O)Nc1ccccc12. The van der Waals surface area contributed by atoms with Crippen LogP contribution < -0.4 is 10.6 Å². The predicted octanol–water partition coefficient (Wildman–Crippen LogP) is 2.94. The van der Waals surface area contributed by atoms with Crippen LogP contribution in [0.1, 0.15) is 17.0 Å². The minimum atomic E-state index is -1.32. The van der Waals surface area contributed by atoms with Gasteiger partial charge in [-0.2, -0.15) is 0 Å². The summed E-state index contributed by atoms with van der Waals surface area (Å²) in [6.07, 6.45) is 0. The molecule has 2 aromatic rings. The molecule has 0 bridgehead atoms. The maximum absolute atomic E-state index is 13.4. The van der Waals surface area contributed by atoms with Crippen molar-refractivity contribution < 1.29 is 14.4 Å². The molecule has 2 aromatic carbocycles. The molecule has 3 heterocycles. The van der Waals surface area contributed by atoms with E-state index in [9.17, 15) is 14.4 Å². The van der Waals surface area contributed by atoms with E-state index in [2.05, 4.69) is 10.6 Å². The van der Waals surface area contributed by atoms with Gasteiger partial charge in [-0.3, -0.25) is 24.6 Å². The van der Waals surface area contributed by atoms with E-state index < -0.39 is 21.4 Å². The Bertz CT molecular complexity index is 1040. The minimum Gasteiger partial charge on any atom is -0.324 e. The van der Waals surface area contributed by atoms with Gasteiger partial charge in [-0.25, -0.2) is 0 Å². The second kappa shape index (κ2) is 5.83. The summed E-state index contributed by atoms with van der Waals surface area (Å²) in [5.41, 5.74) is 0.969. The van der Waals surface area contributed by atoms with E-state index in [0.717, 1.165) is 22.9 Å². The third kappa shape index (κ3) is 1.96. The van der Waals surface area contributed by atoms with Crippen LogP contribution in [0.15, 0.2) is 48.5 Å². The highest BCUT2D eigenvalue weighted by Gasteiger charge is 2.77. The molecule has 0 unspecified atom stereocenters. The first kappa shape index (κ1) is 17.7. The van der Waals surface area contributed by atoms with E-state index in [0.29, 0.717) is 17.3 Å². The Labute approximate surface area is 170 Å². The number of imide groups is 1. The lowest BCUT2D eigenvalue weighted by Crippen LogP contribution is -2.61. The average Bonchev–Trinajstić information content (AvgIpc) is 3.23. The normalized spacial score (nSPS) is 31.5. The fourth-order valence-electron chi connectivity index (χ4n) is 4.97. The van der Waals surface area contributed by atoms with Gasteiger partial charge >= 0.3 is 0 Å². The van der Waals surface area contributed by atoms with Gasteiger partial charge in [0.05, 0.1) is 0 Å². The molecule has 2 N–H and O–H groups in total. The smallest absolute Gasteiger partial charge is 0.286 e. The Balaban J connectivity index is 1.81. The molecule has 28 heavy (non-hydrogen) atoms. The number of hydrogen-bond acceptors (Lipinski definition) is 5. The summed E-state index contributed by atoms with van der Waals surface area (Å²) in [5.74, 6) is -1.09. The standard InChI is InChI=1S/C20H16ClN3O3S/c1-24-10-14(11-6-8-12(21)9-7-11)20(17(26)23-18(27)28-20)19(24)13-4-2-3-5-15(13)22-16(19)25/h2-9,14H,10H2,1H3,(H,22,25)(H,23,26,27)/t14-,19+,20-/m1/s1. The number of fused-ring (bicyclic) bond motifs is 3. The first-order valence-corrected chi connectivity index (χ1v) is 10.0. The average molecular weight is 414 g/mol. The topological polar surface area (TPSA) is 78.5 Å². The number of hydrogen-bond donors (Lipinski definition) is 2. The molecule has 3 aliphatic heterocycles. The Kier molecular flexibility index (Phi) is 3.69. The maximum Gasteiger partial charge on any atom is 0.286 e. The van der Waals surface area contributed by atoms with E-state index in [4.69, 9.17) is 11.6 Å². The Morgan fingerprint density at radius 2 is 1.75 bits per heavy atom. The zero-order chi connectivity index (χ0) is 19.7. The van der Waals surface area contributed by atoms with Gasteiger partial charge in [0.25, 0.3) is 11.1 Å². The van der Waals surface area contributed by atoms with Crippen LogP contribution in [0.4, 0.5) is 10.5 Å². The monoisotopic (exact) mass is 413 g/mol. The van der Waals surface area contributed by atoms with E-state index in [1.165, 1.54) is 0 Å². The van der Waals surface area contributed by atoms with Crippen LogP contribution in [0.3, 0.4) is 0 Å². The van der Waals surface area contributed by atoms with Crippen LogP contribution in [0.25, 0.3) is 0 Å². The van der Waals surface area contributed by atoms with Crippen molar-refractivity contribution in [3.05, 3.63) is 64.7 Å². The Hall–Kier alpha value is -2.35. The second-order valence-corrected chi connectivity index (χ2v) is 8.93. The van der Waals surface area contributed by atoms with Crippen LogP contribution in [-0.4, -0.2) is 40.3 Å². The Morgan fingerprint density at radius 3 is 2.43 bits per heavy atom. The molecule has 0 aromatic heterocycles. The van der Waals surface area contributed by atoms with Gasteiger partial charge in [-0.15, -0.1) is 0 Å². The molecular formula is C20H16ClN3O3S. The number of carbonyl (C=O) groups excluding carboxylic acids is 3. The lowest BCUT2D eigenvalue weighted by Gasteiger charge is -2.41. The summed E-state index contributed by atoms with van der Waals surface area (Å²) in [5, 5.41) is 5.51. The molecule has 8 heteroatoms. The number of halogens is 1. The van der Waals surface area contributed by atoms with Gasteiger partial charge in [0, 0.05) is 28.7 Å². The van der Waals surface area contributed by atoms with Crippen molar-refractivity contribution in [1.82, 2.24) is 10.2 Å². The number of likely N-dealkylation sites (tertiary alicyclic amines) is 1. The summed E-state index contributed by atoms with van der Waals surface area (Å²) in [7, 11) is 1.83. The van der Waals surface area contributed by atoms with Crippen molar-refractivity contribution in [2.24, 2.45) is 0 Å². The van der Waals surface area contributed by atoms with Crippen molar-refractivity contribution in [3.63, 3.8) is 0 Å². The number of benzene rings is 2. The largest absolute Gasteiger partial charge is 0.324 e. The third-order valence-electron chi connectivity index (χ3n) is 6.03. The number of likely N-dealkylation sites (N-methyl/N-ethyl adjacent to an activating group) is 1. The van der Waals surface area contributed by atoms with Gasteiger partial charge in [-0.05, 0) is 42.6 Å². The van der Waals surface area contributed by atoms with Crippen molar-refractivity contribution in [3.8, 4) is 0 Å². The molecule has 5 rings (SSSR count). The number of para-hydroxylation sites is 1. The molecular weight excluding hydrogens is 398 g/mol. The van der Waals surface area contributed by atoms with E-state index in [-0.39, 0.29) is 11.8 Å². The lowest BCUT2D eigenvalue weighted by atomic mass is 9.72. The van der Waals surface area contributed by atoms with Crippen molar-refractivity contribution in [2.75, 3.05) is 18.9 Å². The van der Waals surface area contributed by atoms with Crippen molar-refractivity contribution >= 4 is 46.1 Å². The molecule has 2 fully saturated rings. The highest BCUT2D eigenvalue weighted by molar-refractivity contribution is 8.16. The molecule has 2 spiro atoms. The lowest BCUT2D eigenvalue weighted by molar-refractivity contribution is -0.133.